The zero-order valence-electron chi connectivity index (χ0n) is 14.0. The Morgan fingerprint density at radius 3 is 2.52 bits per heavy atom. The van der Waals surface area contributed by atoms with Crippen molar-refractivity contribution in [1.29, 1.82) is 0 Å². The van der Waals surface area contributed by atoms with Gasteiger partial charge in [0.25, 0.3) is 0 Å². The molecule has 0 saturated carbocycles. The Morgan fingerprint density at radius 2 is 1.91 bits per heavy atom. The summed E-state index contributed by atoms with van der Waals surface area (Å²) in [6, 6.07) is 10.3. The van der Waals surface area contributed by atoms with Crippen molar-refractivity contribution in [3.05, 3.63) is 65.2 Å². The standard InChI is InChI=1S/C19H22N2O2/c1-13-12-21-16(11-20-18(21)19(2,3)22)10-15(13)9-14-5-7-17(23-4)8-6-14/h5-8,10-12,22H,9H2,1-4H3. The number of ether oxygens (including phenoxy) is 1. The average Bonchev–Trinajstić information content (AvgIpc) is 2.91. The van der Waals surface area contributed by atoms with Crippen molar-refractivity contribution in [3.63, 3.8) is 0 Å². The fourth-order valence-corrected chi connectivity index (χ4v) is 2.79. The molecular formula is C19H22N2O2. The molecule has 23 heavy (non-hydrogen) atoms. The minimum atomic E-state index is -0.962. The number of imidazole rings is 1. The first-order chi connectivity index (χ1) is 10.9. The van der Waals surface area contributed by atoms with Crippen LogP contribution in [0.3, 0.4) is 0 Å². The van der Waals surface area contributed by atoms with Crippen LogP contribution in [0.1, 0.15) is 36.4 Å². The highest BCUT2D eigenvalue weighted by Crippen LogP contribution is 2.24. The van der Waals surface area contributed by atoms with Gasteiger partial charge in [0.05, 0.1) is 18.8 Å². The van der Waals surface area contributed by atoms with Crippen LogP contribution in [0.2, 0.25) is 0 Å². The highest BCUT2D eigenvalue weighted by atomic mass is 16.5. The molecule has 1 aromatic carbocycles. The first-order valence-electron chi connectivity index (χ1n) is 7.71. The summed E-state index contributed by atoms with van der Waals surface area (Å²) < 4.78 is 7.17. The molecule has 4 heteroatoms. The van der Waals surface area contributed by atoms with E-state index in [2.05, 4.69) is 36.3 Å². The Bertz CT molecular complexity index is 827. The van der Waals surface area contributed by atoms with Crippen LogP contribution in [0.5, 0.6) is 5.75 Å². The number of methoxy groups -OCH3 is 1. The van der Waals surface area contributed by atoms with Gasteiger partial charge in [-0.1, -0.05) is 12.1 Å². The van der Waals surface area contributed by atoms with Gasteiger partial charge in [-0.25, -0.2) is 4.98 Å². The molecule has 3 rings (SSSR count). The molecule has 120 valence electrons. The second-order valence-electron chi connectivity index (χ2n) is 6.44. The van der Waals surface area contributed by atoms with Crippen molar-refractivity contribution in [2.24, 2.45) is 0 Å². The monoisotopic (exact) mass is 310 g/mol. The zero-order valence-corrected chi connectivity index (χ0v) is 14.0. The van der Waals surface area contributed by atoms with Crippen LogP contribution in [-0.2, 0) is 12.0 Å². The topological polar surface area (TPSA) is 46.8 Å². The maximum absolute atomic E-state index is 10.2. The number of pyridine rings is 1. The Hall–Kier alpha value is -2.33. The summed E-state index contributed by atoms with van der Waals surface area (Å²) in [5.74, 6) is 1.53. The number of rotatable bonds is 4. The van der Waals surface area contributed by atoms with Crippen molar-refractivity contribution in [1.82, 2.24) is 9.38 Å². The lowest BCUT2D eigenvalue weighted by Gasteiger charge is -2.16. The number of hydrogen-bond acceptors (Lipinski definition) is 3. The van der Waals surface area contributed by atoms with Crippen LogP contribution in [0.25, 0.3) is 5.52 Å². The molecule has 0 atom stereocenters. The van der Waals surface area contributed by atoms with Crippen LogP contribution >= 0.6 is 0 Å². The van der Waals surface area contributed by atoms with Gasteiger partial charge < -0.3 is 14.2 Å². The van der Waals surface area contributed by atoms with E-state index in [1.165, 1.54) is 16.7 Å². The quantitative estimate of drug-likeness (QED) is 0.802. The third-order valence-corrected chi connectivity index (χ3v) is 4.08. The maximum atomic E-state index is 10.2. The Labute approximate surface area is 136 Å². The minimum absolute atomic E-state index is 0.659. The van der Waals surface area contributed by atoms with E-state index < -0.39 is 5.60 Å². The fourth-order valence-electron chi connectivity index (χ4n) is 2.79. The van der Waals surface area contributed by atoms with Crippen LogP contribution in [-0.4, -0.2) is 21.6 Å². The Morgan fingerprint density at radius 1 is 1.22 bits per heavy atom. The molecule has 0 bridgehead atoms. The van der Waals surface area contributed by atoms with E-state index >= 15 is 0 Å². The number of hydrogen-bond donors (Lipinski definition) is 1. The van der Waals surface area contributed by atoms with Gasteiger partial charge in [-0.2, -0.15) is 0 Å². The third kappa shape index (κ3) is 3.08. The summed E-state index contributed by atoms with van der Waals surface area (Å²) in [5, 5.41) is 10.2. The van der Waals surface area contributed by atoms with Crippen LogP contribution in [0.15, 0.2) is 42.7 Å². The molecule has 2 aromatic heterocycles. The van der Waals surface area contributed by atoms with Gasteiger partial charge >= 0.3 is 0 Å². The molecule has 2 heterocycles. The van der Waals surface area contributed by atoms with E-state index in [1.807, 2.05) is 22.7 Å². The van der Waals surface area contributed by atoms with E-state index in [1.54, 1.807) is 21.0 Å². The normalized spacial score (nSPS) is 11.9. The number of fused-ring (bicyclic) bond motifs is 1. The number of aryl methyl sites for hydroxylation is 1. The van der Waals surface area contributed by atoms with Gasteiger partial charge in [-0.15, -0.1) is 0 Å². The van der Waals surface area contributed by atoms with Crippen LogP contribution < -0.4 is 4.74 Å². The second-order valence-corrected chi connectivity index (χ2v) is 6.44. The lowest BCUT2D eigenvalue weighted by Crippen LogP contribution is -2.19. The molecule has 0 radical (unpaired) electrons. The van der Waals surface area contributed by atoms with Gasteiger partial charge in [-0.05, 0) is 62.1 Å². The van der Waals surface area contributed by atoms with Crippen molar-refractivity contribution in [3.8, 4) is 5.75 Å². The van der Waals surface area contributed by atoms with E-state index in [-0.39, 0.29) is 0 Å². The molecule has 0 amide bonds. The molecule has 3 aromatic rings. The first-order valence-corrected chi connectivity index (χ1v) is 7.71. The fraction of sp³-hybridized carbons (Fsp3) is 0.316. The number of aromatic nitrogens is 2. The third-order valence-electron chi connectivity index (χ3n) is 4.08. The highest BCUT2D eigenvalue weighted by Gasteiger charge is 2.22. The van der Waals surface area contributed by atoms with E-state index in [9.17, 15) is 5.11 Å². The molecule has 0 fully saturated rings. The summed E-state index contributed by atoms with van der Waals surface area (Å²) in [6.45, 7) is 5.59. The van der Waals surface area contributed by atoms with E-state index in [0.717, 1.165) is 17.7 Å². The summed E-state index contributed by atoms with van der Waals surface area (Å²) in [7, 11) is 1.67. The van der Waals surface area contributed by atoms with Gasteiger partial charge in [0.2, 0.25) is 0 Å². The molecular weight excluding hydrogens is 288 g/mol. The summed E-state index contributed by atoms with van der Waals surface area (Å²) in [5.41, 5.74) is 3.70. The number of benzene rings is 1. The predicted octanol–water partition coefficient (Wildman–Crippen LogP) is 3.47. The first kappa shape index (κ1) is 15.6. The van der Waals surface area contributed by atoms with Crippen molar-refractivity contribution < 1.29 is 9.84 Å². The Balaban J connectivity index is 1.97. The van der Waals surface area contributed by atoms with Crippen molar-refractivity contribution in [2.45, 2.75) is 32.8 Å². The molecule has 4 nitrogen and oxygen atoms in total. The summed E-state index contributed by atoms with van der Waals surface area (Å²) in [4.78, 5) is 4.37. The maximum Gasteiger partial charge on any atom is 0.144 e. The minimum Gasteiger partial charge on any atom is -0.497 e. The van der Waals surface area contributed by atoms with Crippen LogP contribution in [0.4, 0.5) is 0 Å². The molecule has 0 aliphatic rings. The second kappa shape index (κ2) is 5.70. The lowest BCUT2D eigenvalue weighted by molar-refractivity contribution is 0.0682. The molecule has 1 N–H and O–H groups in total. The summed E-state index contributed by atoms with van der Waals surface area (Å²) >= 11 is 0. The van der Waals surface area contributed by atoms with Gasteiger partial charge in [-0.3, -0.25) is 0 Å². The SMILES string of the molecule is COc1ccc(Cc2cc3cnc(C(C)(C)O)n3cc2C)cc1. The Kier molecular flexibility index (Phi) is 3.86. The van der Waals surface area contributed by atoms with E-state index in [4.69, 9.17) is 4.74 Å². The molecule has 0 saturated heterocycles. The largest absolute Gasteiger partial charge is 0.497 e. The van der Waals surface area contributed by atoms with E-state index in [0.29, 0.717) is 5.82 Å². The van der Waals surface area contributed by atoms with Gasteiger partial charge in [0.15, 0.2) is 0 Å². The van der Waals surface area contributed by atoms with Gasteiger partial charge in [0.1, 0.15) is 17.2 Å². The molecule has 0 aliphatic carbocycles. The predicted molar refractivity (Wildman–Crippen MR) is 91.0 cm³/mol. The molecule has 0 spiro atoms. The van der Waals surface area contributed by atoms with Crippen molar-refractivity contribution >= 4 is 5.52 Å². The van der Waals surface area contributed by atoms with Gasteiger partial charge in [0, 0.05) is 6.20 Å². The van der Waals surface area contributed by atoms with Crippen molar-refractivity contribution in [2.75, 3.05) is 7.11 Å². The smallest absolute Gasteiger partial charge is 0.144 e. The average molecular weight is 310 g/mol. The molecule has 0 aliphatic heterocycles. The summed E-state index contributed by atoms with van der Waals surface area (Å²) in [6.07, 6.45) is 4.72. The highest BCUT2D eigenvalue weighted by molar-refractivity contribution is 5.52. The number of nitrogens with zero attached hydrogens (tertiary/aromatic N) is 2. The zero-order chi connectivity index (χ0) is 16.6. The number of aliphatic hydroxyl groups is 1. The van der Waals surface area contributed by atoms with Crippen LogP contribution in [0, 0.1) is 6.92 Å². The molecule has 0 unspecified atom stereocenters. The lowest BCUT2D eigenvalue weighted by atomic mass is 10.0.